The van der Waals surface area contributed by atoms with E-state index in [1.165, 1.54) is 28.7 Å². The van der Waals surface area contributed by atoms with Crippen molar-refractivity contribution in [1.29, 1.82) is 0 Å². The van der Waals surface area contributed by atoms with Crippen LogP contribution >= 0.6 is 11.8 Å². The van der Waals surface area contributed by atoms with Gasteiger partial charge in [0.15, 0.2) is 23.1 Å². The number of methoxy groups -OCH3 is 2. The van der Waals surface area contributed by atoms with Crippen LogP contribution in [0.2, 0.25) is 0 Å². The summed E-state index contributed by atoms with van der Waals surface area (Å²) in [4.78, 5) is 44.9. The standard InChI is InChI=1S/C30H28F2N4O10S/c1-40-29(38)44-15-43-27-21(33-46-16-45-30(39)41-2)9-10-35-26(27)28(37)34-11-12-42-13-23(34)36(35)25-17-7-8-20(31)24(32)19(17)14-47-22-6-4-3-5-18(22)25/h3-10,23,25H,11-16H2,1-2H3/b33-21+/t23-,25+/m1/s1. The third-order valence-corrected chi connectivity index (χ3v) is 8.77. The first kappa shape index (κ1) is 31.9. The van der Waals surface area contributed by atoms with E-state index in [4.69, 9.17) is 23.8 Å². The monoisotopic (exact) mass is 674 g/mol. The van der Waals surface area contributed by atoms with Gasteiger partial charge < -0.3 is 38.2 Å². The Morgan fingerprint density at radius 3 is 2.57 bits per heavy atom. The molecule has 6 rings (SSSR count). The first-order valence-electron chi connectivity index (χ1n) is 14.2. The quantitative estimate of drug-likeness (QED) is 0.157. The molecule has 17 heteroatoms. The first-order valence-corrected chi connectivity index (χ1v) is 15.1. The molecule has 1 aromatic heterocycles. The number of rotatable bonds is 7. The number of morpholine rings is 1. The van der Waals surface area contributed by atoms with Gasteiger partial charge in [-0.2, -0.15) is 0 Å². The van der Waals surface area contributed by atoms with Crippen molar-refractivity contribution in [1.82, 2.24) is 9.58 Å². The molecular weight excluding hydrogens is 646 g/mol. The summed E-state index contributed by atoms with van der Waals surface area (Å²) in [5, 5.41) is 5.79. The zero-order chi connectivity index (χ0) is 33.1. The summed E-state index contributed by atoms with van der Waals surface area (Å²) in [6, 6.07) is 10.9. The number of thioether (sulfide) groups is 1. The minimum atomic E-state index is -1.04. The molecule has 0 bridgehead atoms. The lowest BCUT2D eigenvalue weighted by Gasteiger charge is -2.51. The molecule has 2 aromatic carbocycles. The molecule has 0 aliphatic carbocycles. The lowest BCUT2D eigenvalue weighted by atomic mass is 9.93. The van der Waals surface area contributed by atoms with Crippen molar-refractivity contribution >= 4 is 30.0 Å². The molecule has 0 N–H and O–H groups in total. The Kier molecular flexibility index (Phi) is 9.35. The highest BCUT2D eigenvalue weighted by Gasteiger charge is 2.46. The number of hydrogen-bond acceptors (Lipinski definition) is 13. The summed E-state index contributed by atoms with van der Waals surface area (Å²) in [5.41, 5.74) is 1.42. The Hall–Kier alpha value is -5.03. The summed E-state index contributed by atoms with van der Waals surface area (Å²) < 4.78 is 61.8. The molecule has 0 saturated carbocycles. The number of carbonyl (C=O) groups excluding carboxylic acids is 3. The fraction of sp³-hybridized carbons (Fsp3) is 0.333. The fourth-order valence-electron chi connectivity index (χ4n) is 5.62. The molecule has 1 amide bonds. The van der Waals surface area contributed by atoms with Gasteiger partial charge in [-0.3, -0.25) is 14.5 Å². The molecule has 248 valence electrons. The second kappa shape index (κ2) is 13.8. The van der Waals surface area contributed by atoms with E-state index < -0.39 is 55.6 Å². The largest absolute Gasteiger partial charge is 0.510 e. The predicted octanol–water partition coefficient (Wildman–Crippen LogP) is 3.60. The molecule has 3 aliphatic heterocycles. The number of nitrogens with zero attached hydrogens (tertiary/aromatic N) is 4. The van der Waals surface area contributed by atoms with Crippen molar-refractivity contribution in [2.24, 2.45) is 5.16 Å². The maximum absolute atomic E-state index is 15.4. The van der Waals surface area contributed by atoms with Gasteiger partial charge in [-0.05, 0) is 29.3 Å². The van der Waals surface area contributed by atoms with Gasteiger partial charge in [-0.15, -0.1) is 11.8 Å². The number of carbonyl (C=O) groups is 3. The average molecular weight is 675 g/mol. The molecule has 1 fully saturated rings. The van der Waals surface area contributed by atoms with E-state index in [0.29, 0.717) is 5.56 Å². The third kappa shape index (κ3) is 6.10. The molecule has 0 spiro atoms. The van der Waals surface area contributed by atoms with Crippen LogP contribution < -0.4 is 15.1 Å². The van der Waals surface area contributed by atoms with E-state index in [9.17, 15) is 18.8 Å². The van der Waals surface area contributed by atoms with Crippen LogP contribution in [0.15, 0.2) is 58.7 Å². The van der Waals surface area contributed by atoms with Crippen molar-refractivity contribution in [3.8, 4) is 5.75 Å². The van der Waals surface area contributed by atoms with Crippen molar-refractivity contribution in [2.45, 2.75) is 22.9 Å². The number of benzene rings is 2. The number of hydrogen-bond donors (Lipinski definition) is 0. The van der Waals surface area contributed by atoms with Crippen LogP contribution in [0.25, 0.3) is 0 Å². The van der Waals surface area contributed by atoms with E-state index in [0.717, 1.165) is 30.7 Å². The predicted molar refractivity (Wildman–Crippen MR) is 156 cm³/mol. The highest BCUT2D eigenvalue weighted by atomic mass is 32.2. The van der Waals surface area contributed by atoms with Gasteiger partial charge in [0.1, 0.15) is 11.5 Å². The highest BCUT2D eigenvalue weighted by molar-refractivity contribution is 7.98. The summed E-state index contributed by atoms with van der Waals surface area (Å²) >= 11 is 1.37. The van der Waals surface area contributed by atoms with Gasteiger partial charge in [0.25, 0.3) is 12.7 Å². The normalized spacial score (nSPS) is 18.6. The van der Waals surface area contributed by atoms with Crippen molar-refractivity contribution < 1.29 is 56.4 Å². The number of halogens is 2. The SMILES string of the molecule is COC(=O)OCO/N=c1\ccn2c(c1OCOC(=O)OC)C(=O)N1CCOC[C@H]1N2[C@@H]1c2ccccc2SCc2c1ccc(F)c2F. The van der Waals surface area contributed by atoms with Gasteiger partial charge in [0.2, 0.25) is 6.79 Å². The zero-order valence-corrected chi connectivity index (χ0v) is 25.9. The van der Waals surface area contributed by atoms with Gasteiger partial charge in [-0.1, -0.05) is 29.4 Å². The molecule has 0 radical (unpaired) electrons. The minimum Gasteiger partial charge on any atom is -0.452 e. The molecule has 14 nitrogen and oxygen atoms in total. The molecular formula is C30H28F2N4O10S. The van der Waals surface area contributed by atoms with Crippen LogP contribution in [-0.4, -0.2) is 81.5 Å². The lowest BCUT2D eigenvalue weighted by Crippen LogP contribution is -2.66. The number of amides is 1. The Balaban J connectivity index is 1.55. The maximum atomic E-state index is 15.4. The van der Waals surface area contributed by atoms with Gasteiger partial charge >= 0.3 is 12.3 Å². The highest BCUT2D eigenvalue weighted by Crippen LogP contribution is 2.45. The Morgan fingerprint density at radius 1 is 1.02 bits per heavy atom. The Morgan fingerprint density at radius 2 is 1.79 bits per heavy atom. The summed E-state index contributed by atoms with van der Waals surface area (Å²) in [6.07, 6.45) is -1.20. The van der Waals surface area contributed by atoms with Crippen LogP contribution in [0.1, 0.15) is 33.2 Å². The Bertz CT molecular complexity index is 1770. The number of pyridine rings is 1. The second-order valence-corrected chi connectivity index (χ2v) is 11.1. The molecule has 3 aromatic rings. The number of aromatic nitrogens is 1. The summed E-state index contributed by atoms with van der Waals surface area (Å²) in [7, 11) is 2.24. The van der Waals surface area contributed by atoms with Crippen LogP contribution in [0.4, 0.5) is 18.4 Å². The van der Waals surface area contributed by atoms with Gasteiger partial charge in [0, 0.05) is 29.0 Å². The third-order valence-electron chi connectivity index (χ3n) is 7.65. The van der Waals surface area contributed by atoms with E-state index >= 15 is 4.39 Å². The number of ether oxygens (including phenoxy) is 6. The summed E-state index contributed by atoms with van der Waals surface area (Å²) in [6.45, 7) is -0.776. The van der Waals surface area contributed by atoms with Crippen LogP contribution in [-0.2, 0) is 34.3 Å². The van der Waals surface area contributed by atoms with E-state index in [1.807, 2.05) is 29.3 Å². The smallest absolute Gasteiger partial charge is 0.452 e. The summed E-state index contributed by atoms with van der Waals surface area (Å²) in [5.74, 6) is -2.39. The fourth-order valence-corrected chi connectivity index (χ4v) is 6.73. The van der Waals surface area contributed by atoms with Crippen LogP contribution in [0.3, 0.4) is 0 Å². The van der Waals surface area contributed by atoms with Crippen molar-refractivity contribution in [3.63, 3.8) is 0 Å². The average Bonchev–Trinajstić information content (AvgIpc) is 3.26. The second-order valence-electron chi connectivity index (χ2n) is 10.1. The van der Waals surface area contributed by atoms with E-state index in [1.54, 1.807) is 11.0 Å². The molecule has 1 saturated heterocycles. The lowest BCUT2D eigenvalue weighted by molar-refractivity contribution is -0.0421. The first-order chi connectivity index (χ1) is 22.8. The molecule has 4 heterocycles. The van der Waals surface area contributed by atoms with Crippen molar-refractivity contribution in [2.75, 3.05) is 52.6 Å². The molecule has 2 atom stereocenters. The molecule has 0 unspecified atom stereocenters. The maximum Gasteiger partial charge on any atom is 0.510 e. The van der Waals surface area contributed by atoms with E-state index in [2.05, 4.69) is 14.6 Å². The molecule has 3 aliphatic rings. The Labute approximate surface area is 270 Å². The van der Waals surface area contributed by atoms with Gasteiger partial charge in [-0.25, -0.2) is 18.4 Å². The zero-order valence-electron chi connectivity index (χ0n) is 25.1. The minimum absolute atomic E-state index is 0.0245. The van der Waals surface area contributed by atoms with Crippen molar-refractivity contribution in [3.05, 3.63) is 88.0 Å². The topological polar surface area (TPSA) is 140 Å². The van der Waals surface area contributed by atoms with Crippen LogP contribution in [0, 0.1) is 11.6 Å². The van der Waals surface area contributed by atoms with Gasteiger partial charge in [0.05, 0.1) is 33.5 Å². The van der Waals surface area contributed by atoms with Crippen LogP contribution in [0.5, 0.6) is 5.75 Å². The number of fused-ring (bicyclic) bond motifs is 4. The molecule has 47 heavy (non-hydrogen) atoms. The van der Waals surface area contributed by atoms with E-state index in [-0.39, 0.29) is 47.9 Å².